The highest BCUT2D eigenvalue weighted by atomic mass is 35.5. The Morgan fingerprint density at radius 3 is 2.30 bits per heavy atom. The van der Waals surface area contributed by atoms with Gasteiger partial charge in [-0.3, -0.25) is 23.6 Å². The molecular formula is C37H33Cl2FN10O4. The van der Waals surface area contributed by atoms with Crippen LogP contribution in [-0.4, -0.2) is 64.3 Å². The van der Waals surface area contributed by atoms with Gasteiger partial charge in [0.25, 0.3) is 11.8 Å². The van der Waals surface area contributed by atoms with E-state index in [0.717, 1.165) is 16.8 Å². The Hall–Kier alpha value is -5.69. The van der Waals surface area contributed by atoms with Gasteiger partial charge in [-0.05, 0) is 63.4 Å². The van der Waals surface area contributed by atoms with E-state index in [9.17, 15) is 29.1 Å². The fourth-order valence-electron chi connectivity index (χ4n) is 6.79. The summed E-state index contributed by atoms with van der Waals surface area (Å²) < 4.78 is 17.5. The van der Waals surface area contributed by atoms with Gasteiger partial charge >= 0.3 is 0 Å². The highest BCUT2D eigenvalue weighted by Crippen LogP contribution is 2.45. The number of aryl methyl sites for hydroxylation is 2. The zero-order valence-electron chi connectivity index (χ0n) is 29.4. The monoisotopic (exact) mass is 770 g/mol. The Balaban J connectivity index is 1.18. The van der Waals surface area contributed by atoms with E-state index in [-0.39, 0.29) is 33.8 Å². The van der Waals surface area contributed by atoms with Crippen LogP contribution in [0.1, 0.15) is 59.8 Å². The number of rotatable bonds is 10. The minimum absolute atomic E-state index is 0.0112. The molecule has 14 nitrogen and oxygen atoms in total. The van der Waals surface area contributed by atoms with Crippen LogP contribution in [0.25, 0.3) is 11.1 Å². The number of carbonyl (C=O) groups excluding carboxylic acids is 3. The first-order valence-corrected chi connectivity index (χ1v) is 17.6. The van der Waals surface area contributed by atoms with E-state index in [0.29, 0.717) is 29.8 Å². The van der Waals surface area contributed by atoms with Crippen molar-refractivity contribution >= 4 is 52.6 Å². The van der Waals surface area contributed by atoms with E-state index in [2.05, 4.69) is 36.8 Å². The number of halogens is 3. The summed E-state index contributed by atoms with van der Waals surface area (Å²) >= 11 is 12.2. The normalized spacial score (nSPS) is 18.1. The van der Waals surface area contributed by atoms with Crippen LogP contribution in [0, 0.1) is 24.1 Å². The van der Waals surface area contributed by atoms with Gasteiger partial charge in [0, 0.05) is 43.2 Å². The van der Waals surface area contributed by atoms with Crippen LogP contribution in [0.5, 0.6) is 0 Å². The standard InChI is InChI=1S/C37H33Cl2FN10O4/c1-19-25(18-48(4)47-19)23-15-42-33(43-16-23)37(9-10-37)46-32(53)30(20(2)51)45-31(52)28-17-44-35-49(24-11-26(38)29(40)27(39)12-24)34(54)36(3,50(28)35)13-21-5-7-22(14-41)8-6-21/h5-8,11-12,15-18,20,30,51H,9-10,13H2,1-4H3,(H,45,52)(H,46,53)/t20-,30+,36-/m1/s1. The zero-order chi connectivity index (χ0) is 38.7. The second kappa shape index (κ2) is 13.6. The molecule has 0 bridgehead atoms. The molecule has 1 aliphatic carbocycles. The van der Waals surface area contributed by atoms with Crippen LogP contribution in [0.3, 0.4) is 0 Å². The first-order valence-electron chi connectivity index (χ1n) is 16.9. The lowest BCUT2D eigenvalue weighted by Crippen LogP contribution is -2.55. The number of benzene rings is 2. The van der Waals surface area contributed by atoms with E-state index in [1.54, 1.807) is 48.3 Å². The van der Waals surface area contributed by atoms with Gasteiger partial charge in [-0.2, -0.15) is 10.4 Å². The third-order valence-electron chi connectivity index (χ3n) is 9.76. The molecular weight excluding hydrogens is 738 g/mol. The molecule has 3 aromatic heterocycles. The number of nitrogens with one attached hydrogen (secondary N) is 2. The van der Waals surface area contributed by atoms with Crippen molar-refractivity contribution in [1.82, 2.24) is 39.9 Å². The summed E-state index contributed by atoms with van der Waals surface area (Å²) in [5.41, 5.74) is 1.17. The Kier molecular flexibility index (Phi) is 9.25. The molecule has 0 spiro atoms. The van der Waals surface area contributed by atoms with Crippen LogP contribution >= 0.6 is 23.2 Å². The highest BCUT2D eigenvalue weighted by Gasteiger charge is 2.52. The molecule has 276 valence electrons. The Morgan fingerprint density at radius 1 is 1.09 bits per heavy atom. The average Bonchev–Trinajstić information content (AvgIpc) is 3.55. The number of anilines is 2. The second-order valence-electron chi connectivity index (χ2n) is 13.8. The van der Waals surface area contributed by atoms with Gasteiger partial charge in [-0.1, -0.05) is 35.3 Å². The van der Waals surface area contributed by atoms with Crippen LogP contribution in [0.15, 0.2) is 61.2 Å². The summed E-state index contributed by atoms with van der Waals surface area (Å²) in [4.78, 5) is 57.0. The van der Waals surface area contributed by atoms with Crippen molar-refractivity contribution in [2.75, 3.05) is 4.90 Å². The maximum Gasteiger partial charge on any atom is 0.270 e. The number of aliphatic hydroxyl groups is 1. The smallest absolute Gasteiger partial charge is 0.270 e. The van der Waals surface area contributed by atoms with Gasteiger partial charge in [0.05, 0.1) is 45.4 Å². The molecule has 4 heterocycles. The zero-order valence-corrected chi connectivity index (χ0v) is 30.9. The lowest BCUT2D eigenvalue weighted by molar-refractivity contribution is -0.126. The summed E-state index contributed by atoms with van der Waals surface area (Å²) in [7, 11) is 1.82. The SMILES string of the molecule is Cc1nn(C)cc1-c1cnc(C2(NC(=O)[C@@H](NC(=O)c3cnc4n3[C@](C)(Cc3ccc(C#N)cc3)C(=O)N4c3cc(Cl)c(F)c(Cl)c3)[C@@H](C)O)CC2)nc1. The van der Waals surface area contributed by atoms with Crippen molar-refractivity contribution in [3.05, 3.63) is 105 Å². The third kappa shape index (κ3) is 6.36. The quantitative estimate of drug-likeness (QED) is 0.171. The molecule has 2 aromatic carbocycles. The number of hydrogen-bond acceptors (Lipinski definition) is 9. The molecule has 5 aromatic rings. The Morgan fingerprint density at radius 2 is 1.74 bits per heavy atom. The molecule has 3 amide bonds. The number of aliphatic hydroxyl groups excluding tert-OH is 1. The van der Waals surface area contributed by atoms with Crippen molar-refractivity contribution in [1.29, 1.82) is 5.26 Å². The Bertz CT molecular complexity index is 2340. The van der Waals surface area contributed by atoms with Crippen molar-refractivity contribution in [3.8, 4) is 17.2 Å². The first-order chi connectivity index (χ1) is 25.7. The molecule has 3 atom stereocenters. The third-order valence-corrected chi connectivity index (χ3v) is 10.3. The van der Waals surface area contributed by atoms with Crippen molar-refractivity contribution in [2.24, 2.45) is 7.05 Å². The number of imidazole rings is 1. The van der Waals surface area contributed by atoms with Gasteiger partial charge in [0.2, 0.25) is 11.9 Å². The van der Waals surface area contributed by atoms with E-state index in [4.69, 9.17) is 23.2 Å². The summed E-state index contributed by atoms with van der Waals surface area (Å²) in [5, 5.41) is 29.3. The minimum atomic E-state index is -1.50. The van der Waals surface area contributed by atoms with Crippen molar-refractivity contribution < 1.29 is 23.9 Å². The highest BCUT2D eigenvalue weighted by molar-refractivity contribution is 6.35. The van der Waals surface area contributed by atoms with Gasteiger partial charge in [-0.15, -0.1) is 0 Å². The second-order valence-corrected chi connectivity index (χ2v) is 14.6. The molecule has 7 rings (SSSR count). The molecule has 54 heavy (non-hydrogen) atoms. The predicted molar refractivity (Wildman–Crippen MR) is 195 cm³/mol. The van der Waals surface area contributed by atoms with Crippen molar-refractivity contribution in [3.63, 3.8) is 0 Å². The number of nitrogens with zero attached hydrogens (tertiary/aromatic N) is 8. The van der Waals surface area contributed by atoms with Gasteiger partial charge in [0.1, 0.15) is 22.8 Å². The fraction of sp³-hybridized carbons (Fsp3) is 0.297. The predicted octanol–water partition coefficient (Wildman–Crippen LogP) is 4.62. The molecule has 1 saturated carbocycles. The summed E-state index contributed by atoms with van der Waals surface area (Å²) in [6.07, 6.45) is 6.24. The number of aromatic nitrogens is 6. The summed E-state index contributed by atoms with van der Waals surface area (Å²) in [6.45, 7) is 4.86. The van der Waals surface area contributed by atoms with E-state index in [1.807, 2.05) is 20.2 Å². The van der Waals surface area contributed by atoms with Crippen LogP contribution in [0.4, 0.5) is 16.0 Å². The van der Waals surface area contributed by atoms with Crippen LogP contribution in [0.2, 0.25) is 10.0 Å². The maximum atomic E-state index is 14.4. The maximum absolute atomic E-state index is 14.4. The number of nitriles is 1. The largest absolute Gasteiger partial charge is 0.391 e. The molecule has 0 radical (unpaired) electrons. The van der Waals surface area contributed by atoms with Gasteiger partial charge in [0.15, 0.2) is 11.6 Å². The van der Waals surface area contributed by atoms with Gasteiger partial charge in [-0.25, -0.2) is 24.2 Å². The fourth-order valence-corrected chi connectivity index (χ4v) is 7.26. The topological polar surface area (TPSA) is 184 Å². The lowest BCUT2D eigenvalue weighted by atomic mass is 9.91. The first kappa shape index (κ1) is 36.7. The van der Waals surface area contributed by atoms with Crippen molar-refractivity contribution in [2.45, 2.75) is 63.3 Å². The number of carbonyl (C=O) groups is 3. The number of amides is 3. The molecule has 0 saturated heterocycles. The van der Waals surface area contributed by atoms with Crippen LogP contribution < -0.4 is 15.5 Å². The summed E-state index contributed by atoms with van der Waals surface area (Å²) in [6, 6.07) is 9.70. The molecule has 0 unspecified atom stereocenters. The molecule has 1 fully saturated rings. The average molecular weight is 772 g/mol. The van der Waals surface area contributed by atoms with Gasteiger partial charge < -0.3 is 15.7 Å². The molecule has 1 aliphatic heterocycles. The van der Waals surface area contributed by atoms with E-state index >= 15 is 0 Å². The Labute approximate surface area is 318 Å². The minimum Gasteiger partial charge on any atom is -0.391 e. The molecule has 3 N–H and O–H groups in total. The molecule has 2 aliphatic rings. The van der Waals surface area contributed by atoms with Crippen LogP contribution in [-0.2, 0) is 34.1 Å². The lowest BCUT2D eigenvalue weighted by Gasteiger charge is -2.28. The van der Waals surface area contributed by atoms with E-state index in [1.165, 1.54) is 34.7 Å². The van der Waals surface area contributed by atoms with E-state index < -0.39 is 46.8 Å². The molecule has 17 heteroatoms. The number of hydrogen-bond donors (Lipinski definition) is 3. The number of fused-ring (bicyclic) bond motifs is 1. The summed E-state index contributed by atoms with van der Waals surface area (Å²) in [5.74, 6) is -2.46.